The predicted octanol–water partition coefficient (Wildman–Crippen LogP) is 7.17. The van der Waals surface area contributed by atoms with Crippen molar-refractivity contribution in [1.29, 1.82) is 0 Å². The Kier molecular flexibility index (Phi) is 10.8. The van der Waals surface area contributed by atoms with Gasteiger partial charge >= 0.3 is 0 Å². The second kappa shape index (κ2) is 14.3. The van der Waals surface area contributed by atoms with Gasteiger partial charge in [-0.25, -0.2) is 13.5 Å². The summed E-state index contributed by atoms with van der Waals surface area (Å²) in [6.45, 7) is 7.53. The molecule has 0 amide bonds. The minimum atomic E-state index is -3.25. The number of alkyl halides is 2. The van der Waals surface area contributed by atoms with Crippen LogP contribution in [0.1, 0.15) is 52.4 Å². The first-order valence-electron chi connectivity index (χ1n) is 14.1. The zero-order chi connectivity index (χ0) is 27.7. The van der Waals surface area contributed by atoms with Crippen LogP contribution in [0, 0.1) is 5.92 Å². The summed E-state index contributed by atoms with van der Waals surface area (Å²) in [5.74, 6) is -2.88. The Morgan fingerprint density at radius 1 is 1.13 bits per heavy atom. The second-order valence-electron chi connectivity index (χ2n) is 10.3. The van der Waals surface area contributed by atoms with E-state index in [2.05, 4.69) is 23.5 Å². The number of fused-ring (bicyclic) bond motifs is 1. The Morgan fingerprint density at radius 3 is 2.59 bits per heavy atom. The monoisotopic (exact) mass is 558 g/mol. The van der Waals surface area contributed by atoms with Gasteiger partial charge in [-0.1, -0.05) is 32.1 Å². The summed E-state index contributed by atoms with van der Waals surface area (Å²) in [5.41, 5.74) is 0. The van der Waals surface area contributed by atoms with Crippen LogP contribution in [0.15, 0.2) is 65.3 Å². The molecule has 2 aromatic carbocycles. The largest absolute Gasteiger partial charge is 0.493 e. The number of hydrogen-bond donors (Lipinski definition) is 1. The van der Waals surface area contributed by atoms with Crippen molar-refractivity contribution in [3.05, 3.63) is 60.4 Å². The third kappa shape index (κ3) is 8.05. The third-order valence-corrected chi connectivity index (χ3v) is 8.33. The smallest absolute Gasteiger partial charge is 0.277 e. The first-order valence-corrected chi connectivity index (χ1v) is 14.9. The third-order valence-electron chi connectivity index (χ3n) is 7.47. The molecule has 0 aliphatic heterocycles. The van der Waals surface area contributed by atoms with Gasteiger partial charge in [0.1, 0.15) is 30.4 Å². The highest BCUT2D eigenvalue weighted by Gasteiger charge is 2.46. The van der Waals surface area contributed by atoms with Crippen LogP contribution >= 0.6 is 11.9 Å². The molecule has 5 nitrogen and oxygen atoms in total. The molecule has 1 N–H and O–H groups in total. The maximum Gasteiger partial charge on any atom is 0.277 e. The number of ether oxygens (including phenoxy) is 2. The molecule has 0 spiro atoms. The van der Waals surface area contributed by atoms with Crippen LogP contribution in [0.2, 0.25) is 0 Å². The molecule has 0 radical (unpaired) electrons. The number of nitrogens with zero attached hydrogens (tertiary/aromatic N) is 1. The molecular weight excluding hydrogens is 518 g/mol. The summed E-state index contributed by atoms with van der Waals surface area (Å²) in [7, 11) is 0. The van der Waals surface area contributed by atoms with Crippen molar-refractivity contribution >= 4 is 29.0 Å². The van der Waals surface area contributed by atoms with E-state index in [-0.39, 0.29) is 6.42 Å². The molecule has 0 heterocycles. The van der Waals surface area contributed by atoms with Crippen molar-refractivity contribution < 1.29 is 23.0 Å². The number of aldehydes is 1. The van der Waals surface area contributed by atoms with Crippen molar-refractivity contribution in [2.75, 3.05) is 26.2 Å². The van der Waals surface area contributed by atoms with Crippen molar-refractivity contribution in [3.8, 4) is 5.75 Å². The highest BCUT2D eigenvalue weighted by Crippen LogP contribution is 2.36. The fourth-order valence-corrected chi connectivity index (χ4v) is 5.92. The van der Waals surface area contributed by atoms with Crippen molar-refractivity contribution in [3.63, 3.8) is 0 Å². The minimum Gasteiger partial charge on any atom is -0.493 e. The molecule has 2 atom stereocenters. The van der Waals surface area contributed by atoms with Gasteiger partial charge < -0.3 is 19.2 Å². The van der Waals surface area contributed by atoms with Gasteiger partial charge in [-0.3, -0.25) is 0 Å². The molecule has 0 aromatic heterocycles. The maximum atomic E-state index is 15.3. The Labute approximate surface area is 235 Å². The Balaban J connectivity index is 1.29. The zero-order valence-electron chi connectivity index (χ0n) is 22.9. The molecule has 39 heavy (non-hydrogen) atoms. The van der Waals surface area contributed by atoms with E-state index in [1.54, 1.807) is 12.2 Å². The Hall–Kier alpha value is -2.42. The Bertz CT molecular complexity index is 1150. The van der Waals surface area contributed by atoms with Crippen LogP contribution in [0.25, 0.3) is 10.8 Å². The quantitative estimate of drug-likeness (QED) is 0.185. The van der Waals surface area contributed by atoms with Crippen LogP contribution in [0.5, 0.6) is 5.75 Å². The molecule has 2 aliphatic rings. The van der Waals surface area contributed by atoms with Gasteiger partial charge in [0.15, 0.2) is 0 Å². The first-order chi connectivity index (χ1) is 18.9. The number of allylic oxidation sites excluding steroid dienone is 3. The molecule has 4 rings (SSSR count). The number of rotatable bonds is 15. The number of carbonyl (C=O) groups excluding carboxylic acids is 1. The summed E-state index contributed by atoms with van der Waals surface area (Å²) < 4.78 is 45.2. The van der Waals surface area contributed by atoms with Crippen molar-refractivity contribution in [2.45, 2.75) is 75.3 Å². The van der Waals surface area contributed by atoms with Crippen LogP contribution in [0.3, 0.4) is 0 Å². The van der Waals surface area contributed by atoms with Crippen LogP contribution in [0.4, 0.5) is 8.78 Å². The fourth-order valence-electron chi connectivity index (χ4n) is 5.13. The molecule has 2 aromatic rings. The lowest BCUT2D eigenvalue weighted by molar-refractivity contribution is -0.122. The van der Waals surface area contributed by atoms with E-state index in [9.17, 15) is 4.79 Å². The topological polar surface area (TPSA) is 50.8 Å². The van der Waals surface area contributed by atoms with Gasteiger partial charge in [0.05, 0.1) is 6.10 Å². The highest BCUT2D eigenvalue weighted by molar-refractivity contribution is 7.97. The number of likely N-dealkylation sites (N-methyl/N-ethyl adjacent to an activating group) is 1. The molecule has 2 aliphatic carbocycles. The lowest BCUT2D eigenvalue weighted by atomic mass is 9.89. The summed E-state index contributed by atoms with van der Waals surface area (Å²) in [4.78, 5) is 14.8. The van der Waals surface area contributed by atoms with Gasteiger partial charge in [-0.05, 0) is 111 Å². The van der Waals surface area contributed by atoms with Gasteiger partial charge in [0, 0.05) is 17.4 Å². The summed E-state index contributed by atoms with van der Waals surface area (Å²) in [6, 6.07) is 10.1. The molecule has 2 unspecified atom stereocenters. The number of carbonyl (C=O) groups is 1. The van der Waals surface area contributed by atoms with Crippen LogP contribution in [-0.4, -0.2) is 55.5 Å². The molecule has 8 heteroatoms. The van der Waals surface area contributed by atoms with Crippen LogP contribution < -0.4 is 9.46 Å². The summed E-state index contributed by atoms with van der Waals surface area (Å²) in [6.07, 6.45) is 11.2. The molecule has 0 bridgehead atoms. The van der Waals surface area contributed by atoms with E-state index in [0.29, 0.717) is 24.8 Å². The van der Waals surface area contributed by atoms with E-state index in [4.69, 9.17) is 9.47 Å². The molecular formula is C31H40F2N2O3S. The maximum absolute atomic E-state index is 15.3. The first kappa shape index (κ1) is 29.6. The van der Waals surface area contributed by atoms with E-state index < -0.39 is 17.9 Å². The average molecular weight is 559 g/mol. The van der Waals surface area contributed by atoms with Gasteiger partial charge in [0.25, 0.3) is 5.92 Å². The standard InChI is InChI=1S/C31H40F2N2O3S/c1-3-17-35(4-2)18-19-37-26-14-11-25(12-15-26)31(32,33)30(22-36)34-39-29-16-10-23-20-28(13-9-24(23)21-29)38-27-7-5-6-8-27/h9-11,13-16,20-22,25,27,30,34H,3-8,12,17-19H2,1-2H3. The minimum absolute atomic E-state index is 0.114. The molecule has 0 saturated heterocycles. The normalized spacial score (nSPS) is 18.9. The van der Waals surface area contributed by atoms with E-state index in [0.717, 1.165) is 72.3 Å². The van der Waals surface area contributed by atoms with Gasteiger partial charge in [-0.15, -0.1) is 0 Å². The van der Waals surface area contributed by atoms with Gasteiger partial charge in [0.2, 0.25) is 0 Å². The second-order valence-corrected chi connectivity index (χ2v) is 11.2. The lowest BCUT2D eigenvalue weighted by Gasteiger charge is -2.30. The molecule has 1 fully saturated rings. The Morgan fingerprint density at radius 2 is 1.90 bits per heavy atom. The summed E-state index contributed by atoms with van der Waals surface area (Å²) in [5, 5.41) is 2.01. The van der Waals surface area contributed by atoms with Crippen molar-refractivity contribution in [1.82, 2.24) is 9.62 Å². The number of nitrogens with one attached hydrogen (secondary N) is 1. The average Bonchev–Trinajstić information content (AvgIpc) is 3.46. The number of benzene rings is 2. The zero-order valence-corrected chi connectivity index (χ0v) is 23.7. The van der Waals surface area contributed by atoms with Gasteiger partial charge in [-0.2, -0.15) is 0 Å². The molecule has 1 saturated carbocycles. The van der Waals surface area contributed by atoms with Crippen molar-refractivity contribution in [2.24, 2.45) is 5.92 Å². The lowest BCUT2D eigenvalue weighted by Crippen LogP contribution is -2.48. The number of hydrogen-bond acceptors (Lipinski definition) is 6. The number of halogens is 2. The predicted molar refractivity (Wildman–Crippen MR) is 154 cm³/mol. The highest BCUT2D eigenvalue weighted by atomic mass is 32.2. The fraction of sp³-hybridized carbons (Fsp3) is 0.516. The van der Waals surface area contributed by atoms with Crippen LogP contribution in [-0.2, 0) is 9.53 Å². The molecule has 212 valence electrons. The SMILES string of the molecule is CCCN(CC)CCOC1=CCC(C(F)(F)C(C=O)NSc2ccc3cc(OC4CCCC4)ccc3c2)C=C1. The summed E-state index contributed by atoms with van der Waals surface area (Å²) >= 11 is 1.05. The van der Waals surface area contributed by atoms with E-state index >= 15 is 8.78 Å². The van der Waals surface area contributed by atoms with E-state index in [1.165, 1.54) is 18.9 Å². The van der Waals surface area contributed by atoms with E-state index in [1.807, 2.05) is 36.4 Å².